The molecule has 10 aromatic carbocycles. The molecule has 310 valence electrons. The van der Waals surface area contributed by atoms with Crippen molar-refractivity contribution in [3.63, 3.8) is 0 Å². The molecule has 0 saturated heterocycles. The highest BCUT2D eigenvalue weighted by Gasteiger charge is 2.25. The zero-order valence-corrected chi connectivity index (χ0v) is 37.5. The molecule has 0 radical (unpaired) electrons. The molecule has 2 aliphatic carbocycles. The van der Waals surface area contributed by atoms with E-state index in [1.54, 1.807) is 0 Å². The van der Waals surface area contributed by atoms with Gasteiger partial charge in [0.1, 0.15) is 0 Å². The molecule has 0 saturated carbocycles. The fourth-order valence-electron chi connectivity index (χ4n) is 10.9. The highest BCUT2D eigenvalue weighted by molar-refractivity contribution is 7.26. The Morgan fingerprint density at radius 1 is 0.288 bits per heavy atom. The van der Waals surface area contributed by atoms with Crippen molar-refractivity contribution < 1.29 is 0 Å². The highest BCUT2D eigenvalue weighted by Crippen LogP contribution is 2.49. The van der Waals surface area contributed by atoms with E-state index in [0.29, 0.717) is 0 Å². The van der Waals surface area contributed by atoms with Crippen LogP contribution >= 0.6 is 22.7 Å². The second-order valence-electron chi connectivity index (χ2n) is 17.6. The SMILES string of the molecule is c1ccc(N(c2ccc(-c3ccc(N(c4ccccc4)c4ccc5sc6ccc7c(c6c5c4)Cc4ccccc4-7)cc3)cc2)c2ccc3sc4ccc5c(c4c3c2)Cc2ccccc2-5)cc1. The monoisotopic (exact) mass is 876 g/mol. The lowest BCUT2D eigenvalue weighted by Crippen LogP contribution is -2.10. The Morgan fingerprint density at radius 2 is 0.652 bits per heavy atom. The van der Waals surface area contributed by atoms with Crippen LogP contribution in [-0.4, -0.2) is 0 Å². The van der Waals surface area contributed by atoms with E-state index >= 15 is 0 Å². The van der Waals surface area contributed by atoms with Crippen LogP contribution in [0.1, 0.15) is 22.3 Å². The molecule has 0 unspecified atom stereocenters. The number of para-hydroxylation sites is 2. The minimum Gasteiger partial charge on any atom is -0.310 e. The summed E-state index contributed by atoms with van der Waals surface area (Å²) in [5, 5.41) is 5.46. The van der Waals surface area contributed by atoms with Crippen molar-refractivity contribution in [1.82, 2.24) is 0 Å². The largest absolute Gasteiger partial charge is 0.310 e. The number of hydrogen-bond donors (Lipinski definition) is 0. The first kappa shape index (κ1) is 37.6. The number of benzene rings is 10. The Morgan fingerprint density at radius 3 is 1.09 bits per heavy atom. The maximum Gasteiger partial charge on any atom is 0.0468 e. The molecule has 2 aliphatic rings. The van der Waals surface area contributed by atoms with Gasteiger partial charge in [0.2, 0.25) is 0 Å². The quantitative estimate of drug-likeness (QED) is 0.157. The van der Waals surface area contributed by atoms with Gasteiger partial charge >= 0.3 is 0 Å². The fraction of sp³-hybridized carbons (Fsp3) is 0.0323. The predicted molar refractivity (Wildman–Crippen MR) is 284 cm³/mol. The van der Waals surface area contributed by atoms with Crippen molar-refractivity contribution in [1.29, 1.82) is 0 Å². The number of rotatable bonds is 7. The Bertz CT molecular complexity index is 3610. The van der Waals surface area contributed by atoms with Crippen LogP contribution in [0.4, 0.5) is 34.1 Å². The van der Waals surface area contributed by atoms with Crippen LogP contribution in [-0.2, 0) is 12.8 Å². The van der Waals surface area contributed by atoms with E-state index in [1.807, 2.05) is 22.7 Å². The summed E-state index contributed by atoms with van der Waals surface area (Å²) in [5.41, 5.74) is 20.4. The number of fused-ring (bicyclic) bond motifs is 14. The maximum atomic E-state index is 2.42. The van der Waals surface area contributed by atoms with Crippen molar-refractivity contribution in [2.45, 2.75) is 12.8 Å². The maximum absolute atomic E-state index is 2.42. The summed E-state index contributed by atoms with van der Waals surface area (Å²) < 4.78 is 5.36. The molecule has 0 N–H and O–H groups in total. The average molecular weight is 877 g/mol. The molecule has 0 atom stereocenters. The second kappa shape index (κ2) is 14.9. The van der Waals surface area contributed by atoms with Crippen molar-refractivity contribution >= 4 is 97.1 Å². The van der Waals surface area contributed by atoms with Crippen molar-refractivity contribution in [3.8, 4) is 33.4 Å². The zero-order chi connectivity index (χ0) is 43.3. The third kappa shape index (κ3) is 5.92. The van der Waals surface area contributed by atoms with E-state index in [2.05, 4.69) is 228 Å². The number of nitrogens with zero attached hydrogens (tertiary/aromatic N) is 2. The third-order valence-electron chi connectivity index (χ3n) is 13.9. The van der Waals surface area contributed by atoms with Gasteiger partial charge < -0.3 is 9.80 Å². The highest BCUT2D eigenvalue weighted by atomic mass is 32.1. The fourth-order valence-corrected chi connectivity index (χ4v) is 13.1. The molecule has 12 aromatic rings. The van der Waals surface area contributed by atoms with Crippen molar-refractivity contribution in [2.24, 2.45) is 0 Å². The van der Waals surface area contributed by atoms with Crippen LogP contribution < -0.4 is 9.80 Å². The third-order valence-corrected chi connectivity index (χ3v) is 16.2. The molecule has 2 aromatic heterocycles. The van der Waals surface area contributed by atoms with Crippen LogP contribution in [0.25, 0.3) is 73.7 Å². The Hall–Kier alpha value is -7.76. The molecule has 0 spiro atoms. The van der Waals surface area contributed by atoms with Gasteiger partial charge in [0.05, 0.1) is 0 Å². The molecular formula is C62H40N2S2. The topological polar surface area (TPSA) is 6.48 Å². The van der Waals surface area contributed by atoms with E-state index in [4.69, 9.17) is 0 Å². The summed E-state index contributed by atoms with van der Waals surface area (Å²) >= 11 is 3.80. The summed E-state index contributed by atoms with van der Waals surface area (Å²) in [4.78, 5) is 4.79. The van der Waals surface area contributed by atoms with E-state index in [-0.39, 0.29) is 0 Å². The summed E-state index contributed by atoms with van der Waals surface area (Å²) in [6, 6.07) is 80.8. The lowest BCUT2D eigenvalue weighted by atomic mass is 10.0. The number of anilines is 6. The van der Waals surface area contributed by atoms with E-state index in [1.165, 1.54) is 96.0 Å². The smallest absolute Gasteiger partial charge is 0.0468 e. The second-order valence-corrected chi connectivity index (χ2v) is 19.8. The van der Waals surface area contributed by atoms with E-state index in [0.717, 1.165) is 47.0 Å². The molecule has 4 heteroatoms. The van der Waals surface area contributed by atoms with Gasteiger partial charge in [-0.3, -0.25) is 0 Å². The molecule has 66 heavy (non-hydrogen) atoms. The minimum absolute atomic E-state index is 0.980. The normalized spacial score (nSPS) is 12.4. The minimum atomic E-state index is 0.980. The van der Waals surface area contributed by atoms with Gasteiger partial charge in [-0.2, -0.15) is 0 Å². The van der Waals surface area contributed by atoms with Crippen LogP contribution in [0.5, 0.6) is 0 Å². The molecule has 0 bridgehead atoms. The molecule has 0 fully saturated rings. The van der Waals surface area contributed by atoms with Crippen LogP contribution in [0.15, 0.2) is 218 Å². The first-order chi connectivity index (χ1) is 32.7. The molecule has 14 rings (SSSR count). The van der Waals surface area contributed by atoms with Gasteiger partial charge in [0.25, 0.3) is 0 Å². The van der Waals surface area contributed by atoms with Crippen LogP contribution in [0.2, 0.25) is 0 Å². The van der Waals surface area contributed by atoms with Gasteiger partial charge in [-0.15, -0.1) is 22.7 Å². The molecule has 0 aliphatic heterocycles. The lowest BCUT2D eigenvalue weighted by Gasteiger charge is -2.26. The lowest BCUT2D eigenvalue weighted by molar-refractivity contribution is 1.28. The summed E-state index contributed by atoms with van der Waals surface area (Å²) in [5.74, 6) is 0. The summed E-state index contributed by atoms with van der Waals surface area (Å²) in [7, 11) is 0. The first-order valence-corrected chi connectivity index (χ1v) is 24.4. The predicted octanol–water partition coefficient (Wildman–Crippen LogP) is 18.2. The van der Waals surface area contributed by atoms with Crippen molar-refractivity contribution in [2.75, 3.05) is 9.80 Å². The van der Waals surface area contributed by atoms with E-state index < -0.39 is 0 Å². The van der Waals surface area contributed by atoms with Crippen LogP contribution in [0, 0.1) is 0 Å². The standard InChI is InChI=1S/C62H40N2S2/c1-3-13-43(14-4-1)63(47-27-31-57-55(37-47)61-53-35-41-11-7-9-17-49(41)51(53)29-33-59(61)65-57)45-23-19-39(20-24-45)40-21-25-46(26-22-40)64(44-15-5-2-6-16-44)48-28-32-58-56(38-48)62-54-36-42-12-8-10-18-50(42)52(54)30-34-60(62)66-58/h1-34,37-38H,35-36H2. The summed E-state index contributed by atoms with van der Waals surface area (Å²) in [6.45, 7) is 0. The Labute approximate surface area is 391 Å². The molecular weight excluding hydrogens is 837 g/mol. The van der Waals surface area contributed by atoms with Gasteiger partial charge in [0.15, 0.2) is 0 Å². The van der Waals surface area contributed by atoms with Gasteiger partial charge in [-0.05, 0) is 166 Å². The van der Waals surface area contributed by atoms with Gasteiger partial charge in [-0.25, -0.2) is 0 Å². The molecule has 2 nitrogen and oxygen atoms in total. The Balaban J connectivity index is 0.814. The molecule has 2 heterocycles. The van der Waals surface area contributed by atoms with Crippen LogP contribution in [0.3, 0.4) is 0 Å². The average Bonchev–Trinajstić information content (AvgIpc) is 4.15. The zero-order valence-electron chi connectivity index (χ0n) is 35.9. The van der Waals surface area contributed by atoms with Gasteiger partial charge in [-0.1, -0.05) is 121 Å². The first-order valence-electron chi connectivity index (χ1n) is 22.7. The van der Waals surface area contributed by atoms with Crippen molar-refractivity contribution in [3.05, 3.63) is 241 Å². The number of thiophene rings is 2. The number of hydrogen-bond acceptors (Lipinski definition) is 4. The van der Waals surface area contributed by atoms with E-state index in [9.17, 15) is 0 Å². The van der Waals surface area contributed by atoms with Gasteiger partial charge in [0, 0.05) is 74.5 Å². The molecule has 0 amide bonds. The Kier molecular flexibility index (Phi) is 8.49. The summed E-state index contributed by atoms with van der Waals surface area (Å²) in [6.07, 6.45) is 1.96.